The molecule has 0 bridgehead atoms. The first-order chi connectivity index (χ1) is 13.9. The number of aromatic nitrogens is 1. The average molecular weight is 530 g/mol. The fourth-order valence-corrected chi connectivity index (χ4v) is 5.32. The molecule has 0 amide bonds. The number of nitrogens with one attached hydrogen (secondary N) is 1. The maximum atomic E-state index is 12.7. The normalized spacial score (nSPS) is 14.9. The highest BCUT2D eigenvalue weighted by Crippen LogP contribution is 2.29. The van der Waals surface area contributed by atoms with Crippen molar-refractivity contribution < 1.29 is 30.1 Å². The van der Waals surface area contributed by atoms with Crippen molar-refractivity contribution in [1.29, 1.82) is 0 Å². The molecule has 2 heterocycles. The fraction of sp³-hybridized carbons (Fsp3) is 0.250. The van der Waals surface area contributed by atoms with Gasteiger partial charge in [0.1, 0.15) is 0 Å². The van der Waals surface area contributed by atoms with Gasteiger partial charge in [-0.1, -0.05) is 29.8 Å². The first-order valence-electron chi connectivity index (χ1n) is 9.10. The Morgan fingerprint density at radius 1 is 1.13 bits per heavy atom. The maximum Gasteiger partial charge on any atom is 0.243 e. The van der Waals surface area contributed by atoms with E-state index in [-0.39, 0.29) is 21.9 Å². The predicted molar refractivity (Wildman–Crippen MR) is 117 cm³/mol. The molecule has 4 rings (SSSR count). The predicted octanol–water partition coefficient (Wildman–Crippen LogP) is 1.54. The number of benzene rings is 2. The summed E-state index contributed by atoms with van der Waals surface area (Å²) >= 11 is 7.65. The molecule has 10 heteroatoms. The summed E-state index contributed by atoms with van der Waals surface area (Å²) in [4.78, 5) is 4.88. The molecule has 1 N–H and O–H groups in total. The van der Waals surface area contributed by atoms with Gasteiger partial charge in [0.05, 0.1) is 23.8 Å². The van der Waals surface area contributed by atoms with Gasteiger partial charge >= 0.3 is 0 Å². The lowest BCUT2D eigenvalue weighted by Gasteiger charge is -2.26. The molecule has 0 aliphatic carbocycles. The third kappa shape index (κ3) is 5.04. The second-order valence-electron chi connectivity index (χ2n) is 6.67. The molecule has 0 unspecified atom stereocenters. The van der Waals surface area contributed by atoms with E-state index in [1.54, 1.807) is 24.3 Å². The minimum Gasteiger partial charge on any atom is -1.00 e. The lowest BCUT2D eigenvalue weighted by Crippen LogP contribution is -3.00. The molecule has 3 aromatic rings. The first-order valence-corrected chi connectivity index (χ1v) is 11.8. The standard InChI is InChI=1S/C20H20ClN3O3S2.BrH/c1-14-2-5-16(12-18(14)21)22-20-23-19(13-28-20)15-3-6-17(7-4-15)29(25,26)24-8-10-27-11-9-24;/h2-7,12-13H,8-11H2,1H3,(H,22,23);1H/p-1. The van der Waals surface area contributed by atoms with Crippen LogP contribution in [-0.4, -0.2) is 44.0 Å². The Morgan fingerprint density at radius 2 is 1.83 bits per heavy atom. The van der Waals surface area contributed by atoms with Crippen molar-refractivity contribution in [3.8, 4) is 11.3 Å². The summed E-state index contributed by atoms with van der Waals surface area (Å²) in [7, 11) is -3.49. The lowest BCUT2D eigenvalue weighted by molar-refractivity contribution is -0.00000861. The van der Waals surface area contributed by atoms with Crippen LogP contribution in [0.4, 0.5) is 10.8 Å². The zero-order valence-electron chi connectivity index (χ0n) is 16.1. The molecule has 0 saturated carbocycles. The van der Waals surface area contributed by atoms with E-state index in [1.807, 2.05) is 30.5 Å². The third-order valence-corrected chi connectivity index (χ3v) is 7.76. The Morgan fingerprint density at radius 3 is 2.50 bits per heavy atom. The topological polar surface area (TPSA) is 71.5 Å². The van der Waals surface area contributed by atoms with Gasteiger partial charge in [0.2, 0.25) is 10.0 Å². The van der Waals surface area contributed by atoms with E-state index < -0.39 is 10.0 Å². The van der Waals surface area contributed by atoms with Crippen LogP contribution in [0.25, 0.3) is 11.3 Å². The summed E-state index contributed by atoms with van der Waals surface area (Å²) in [5.74, 6) is 0. The van der Waals surface area contributed by atoms with Gasteiger partial charge in [-0.3, -0.25) is 0 Å². The van der Waals surface area contributed by atoms with Crippen molar-refractivity contribution in [2.24, 2.45) is 0 Å². The molecule has 1 aliphatic heterocycles. The van der Waals surface area contributed by atoms with Crippen molar-refractivity contribution in [1.82, 2.24) is 9.29 Å². The zero-order valence-corrected chi connectivity index (χ0v) is 20.1. The smallest absolute Gasteiger partial charge is 0.243 e. The fourth-order valence-electron chi connectivity index (χ4n) is 2.99. The van der Waals surface area contributed by atoms with Gasteiger partial charge in [0.15, 0.2) is 5.13 Å². The number of rotatable bonds is 5. The molecule has 1 aromatic heterocycles. The van der Waals surface area contributed by atoms with Crippen LogP contribution in [0.5, 0.6) is 0 Å². The van der Waals surface area contributed by atoms with Crippen LogP contribution in [0.15, 0.2) is 52.7 Å². The zero-order chi connectivity index (χ0) is 20.4. The lowest BCUT2D eigenvalue weighted by atomic mass is 10.2. The van der Waals surface area contributed by atoms with E-state index >= 15 is 0 Å². The van der Waals surface area contributed by atoms with Crippen molar-refractivity contribution in [3.05, 3.63) is 58.4 Å². The average Bonchev–Trinajstić information content (AvgIpc) is 3.20. The first kappa shape index (κ1) is 23.2. The number of hydrogen-bond donors (Lipinski definition) is 1. The largest absolute Gasteiger partial charge is 1.00 e. The number of nitrogens with zero attached hydrogens (tertiary/aromatic N) is 2. The highest BCUT2D eigenvalue weighted by Gasteiger charge is 2.26. The van der Waals surface area contributed by atoms with Gasteiger partial charge in [0, 0.05) is 34.7 Å². The quantitative estimate of drug-likeness (QED) is 0.543. The Kier molecular flexibility index (Phi) is 7.54. The van der Waals surface area contributed by atoms with E-state index in [1.165, 1.54) is 15.6 Å². The molecular formula is C20H20BrClN3O3S2-. The number of hydrogen-bond acceptors (Lipinski definition) is 6. The maximum absolute atomic E-state index is 12.7. The Bertz CT molecular complexity index is 1110. The molecule has 1 fully saturated rings. The van der Waals surface area contributed by atoms with E-state index in [4.69, 9.17) is 16.3 Å². The SMILES string of the molecule is Cc1ccc(Nc2nc(-c3ccc(S(=O)(=O)N4CCOCC4)cc3)cs2)cc1Cl.[Br-]. The number of sulfonamides is 1. The third-order valence-electron chi connectivity index (χ3n) is 4.69. The van der Waals surface area contributed by atoms with Crippen molar-refractivity contribution in [3.63, 3.8) is 0 Å². The Labute approximate surface area is 195 Å². The Hall–Kier alpha value is -1.49. The second kappa shape index (κ2) is 9.76. The van der Waals surface area contributed by atoms with Gasteiger partial charge in [-0.15, -0.1) is 11.3 Å². The van der Waals surface area contributed by atoms with Crippen LogP contribution < -0.4 is 22.3 Å². The minimum absolute atomic E-state index is 0. The van der Waals surface area contributed by atoms with Crippen LogP contribution in [0.1, 0.15) is 5.56 Å². The highest BCUT2D eigenvalue weighted by molar-refractivity contribution is 7.89. The van der Waals surface area contributed by atoms with Crippen LogP contribution in [0.3, 0.4) is 0 Å². The number of anilines is 2. The van der Waals surface area contributed by atoms with E-state index in [9.17, 15) is 8.42 Å². The summed E-state index contributed by atoms with van der Waals surface area (Å²) in [6, 6.07) is 12.6. The number of aryl methyl sites for hydroxylation is 1. The van der Waals surface area contributed by atoms with E-state index in [2.05, 4.69) is 10.3 Å². The van der Waals surface area contributed by atoms with Gasteiger partial charge < -0.3 is 27.0 Å². The molecule has 1 aliphatic rings. The molecular weight excluding hydrogens is 510 g/mol. The van der Waals surface area contributed by atoms with Gasteiger partial charge in [-0.2, -0.15) is 4.31 Å². The molecule has 160 valence electrons. The van der Waals surface area contributed by atoms with Crippen LogP contribution in [0, 0.1) is 6.92 Å². The molecule has 0 atom stereocenters. The molecule has 0 radical (unpaired) electrons. The monoisotopic (exact) mass is 528 g/mol. The van der Waals surface area contributed by atoms with Crippen molar-refractivity contribution >= 4 is 43.8 Å². The Balaban J connectivity index is 0.00000256. The molecule has 6 nitrogen and oxygen atoms in total. The van der Waals surface area contributed by atoms with Crippen LogP contribution in [0.2, 0.25) is 5.02 Å². The number of thiazole rings is 1. The molecule has 30 heavy (non-hydrogen) atoms. The molecule has 2 aromatic carbocycles. The number of ether oxygens (including phenoxy) is 1. The van der Waals surface area contributed by atoms with Crippen LogP contribution in [-0.2, 0) is 14.8 Å². The number of morpholine rings is 1. The summed E-state index contributed by atoms with van der Waals surface area (Å²) < 4.78 is 32.2. The summed E-state index contributed by atoms with van der Waals surface area (Å²) in [5.41, 5.74) is 3.53. The number of halogens is 2. The summed E-state index contributed by atoms with van der Waals surface area (Å²) in [5, 5.41) is 6.62. The van der Waals surface area contributed by atoms with Crippen LogP contribution >= 0.6 is 22.9 Å². The van der Waals surface area contributed by atoms with E-state index in [0.717, 1.165) is 27.6 Å². The minimum atomic E-state index is -3.49. The van der Waals surface area contributed by atoms with Crippen molar-refractivity contribution in [2.75, 3.05) is 31.6 Å². The van der Waals surface area contributed by atoms with E-state index in [0.29, 0.717) is 31.3 Å². The van der Waals surface area contributed by atoms with Gasteiger partial charge in [-0.25, -0.2) is 13.4 Å². The van der Waals surface area contributed by atoms with Gasteiger partial charge in [-0.05, 0) is 36.8 Å². The van der Waals surface area contributed by atoms with Gasteiger partial charge in [0.25, 0.3) is 0 Å². The van der Waals surface area contributed by atoms with Crippen molar-refractivity contribution in [2.45, 2.75) is 11.8 Å². The molecule has 1 saturated heterocycles. The highest BCUT2D eigenvalue weighted by atomic mass is 79.9. The summed E-state index contributed by atoms with van der Waals surface area (Å²) in [6.45, 7) is 3.58. The molecule has 0 spiro atoms. The summed E-state index contributed by atoms with van der Waals surface area (Å²) in [6.07, 6.45) is 0. The second-order valence-corrected chi connectivity index (χ2v) is 9.87.